The number of aliphatic hydroxyl groups is 1. The van der Waals surface area contributed by atoms with E-state index in [2.05, 4.69) is 22.3 Å². The fourth-order valence-electron chi connectivity index (χ4n) is 3.42. The molecule has 0 radical (unpaired) electrons. The molecule has 0 spiro atoms. The van der Waals surface area contributed by atoms with Crippen LogP contribution in [0.15, 0.2) is 12.3 Å². The third kappa shape index (κ3) is 3.18. The van der Waals surface area contributed by atoms with Crippen LogP contribution in [0.4, 0.5) is 0 Å². The van der Waals surface area contributed by atoms with Gasteiger partial charge in [0, 0.05) is 18.7 Å². The zero-order valence-electron chi connectivity index (χ0n) is 11.6. The highest BCUT2D eigenvalue weighted by Gasteiger charge is 2.24. The molecule has 0 bridgehead atoms. The number of hydrogen-bond acceptors (Lipinski definition) is 3. The van der Waals surface area contributed by atoms with E-state index in [0.29, 0.717) is 12.0 Å². The Kier molecular flexibility index (Phi) is 4.18. The number of piperidine rings is 1. The number of rotatable bonds is 3. The summed E-state index contributed by atoms with van der Waals surface area (Å²) in [6.45, 7) is 1.85. The van der Waals surface area contributed by atoms with Gasteiger partial charge in [-0.05, 0) is 38.3 Å². The van der Waals surface area contributed by atoms with Crippen LogP contribution in [-0.2, 0) is 6.42 Å². The first-order valence-corrected chi connectivity index (χ1v) is 7.76. The first kappa shape index (κ1) is 13.1. The highest BCUT2D eigenvalue weighted by atomic mass is 16.3. The normalized spacial score (nSPS) is 29.5. The van der Waals surface area contributed by atoms with Gasteiger partial charge in [0.25, 0.3) is 0 Å². The zero-order chi connectivity index (χ0) is 13.1. The summed E-state index contributed by atoms with van der Waals surface area (Å²) in [4.78, 5) is 0. The van der Waals surface area contributed by atoms with Crippen molar-refractivity contribution in [2.45, 2.75) is 57.1 Å². The maximum atomic E-state index is 10.0. The Morgan fingerprint density at radius 3 is 2.89 bits per heavy atom. The fraction of sp³-hybridized carbons (Fsp3) is 0.800. The lowest BCUT2D eigenvalue weighted by atomic mass is 9.92. The van der Waals surface area contributed by atoms with Crippen LogP contribution in [0.25, 0.3) is 0 Å². The lowest BCUT2D eigenvalue weighted by molar-refractivity contribution is 0.0785. The Labute approximate surface area is 115 Å². The molecule has 2 unspecified atom stereocenters. The van der Waals surface area contributed by atoms with Crippen LogP contribution in [0.3, 0.4) is 0 Å². The second-order valence-corrected chi connectivity index (χ2v) is 6.10. The second-order valence-electron chi connectivity index (χ2n) is 6.10. The SMILES string of the molecule is OC1CCNCC1Cc1ccn(C2CCCCC2)n1. The summed E-state index contributed by atoms with van der Waals surface area (Å²) >= 11 is 0. The van der Waals surface area contributed by atoms with Gasteiger partial charge in [0.2, 0.25) is 0 Å². The van der Waals surface area contributed by atoms with Gasteiger partial charge in [0.15, 0.2) is 0 Å². The summed E-state index contributed by atoms with van der Waals surface area (Å²) in [5, 5.41) is 18.1. The molecule has 0 aromatic carbocycles. The molecule has 1 aromatic rings. The average Bonchev–Trinajstić information content (AvgIpc) is 2.91. The largest absolute Gasteiger partial charge is 0.393 e. The van der Waals surface area contributed by atoms with Crippen LogP contribution in [-0.4, -0.2) is 34.1 Å². The van der Waals surface area contributed by atoms with Crippen molar-refractivity contribution in [2.75, 3.05) is 13.1 Å². The molecule has 2 atom stereocenters. The highest BCUT2D eigenvalue weighted by molar-refractivity contribution is 5.03. The molecule has 19 heavy (non-hydrogen) atoms. The molecule has 1 saturated heterocycles. The molecule has 2 heterocycles. The summed E-state index contributed by atoms with van der Waals surface area (Å²) in [6, 6.07) is 2.74. The van der Waals surface area contributed by atoms with Gasteiger partial charge in [-0.1, -0.05) is 19.3 Å². The Bertz CT molecular complexity index is 398. The van der Waals surface area contributed by atoms with E-state index in [9.17, 15) is 5.11 Å². The fourth-order valence-corrected chi connectivity index (χ4v) is 3.42. The van der Waals surface area contributed by atoms with Crippen molar-refractivity contribution in [2.24, 2.45) is 5.92 Å². The predicted molar refractivity (Wildman–Crippen MR) is 75.0 cm³/mol. The monoisotopic (exact) mass is 263 g/mol. The van der Waals surface area contributed by atoms with E-state index < -0.39 is 0 Å². The molecule has 1 saturated carbocycles. The van der Waals surface area contributed by atoms with Gasteiger partial charge in [-0.25, -0.2) is 0 Å². The number of aliphatic hydroxyl groups excluding tert-OH is 1. The summed E-state index contributed by atoms with van der Waals surface area (Å²) in [7, 11) is 0. The Morgan fingerprint density at radius 1 is 1.26 bits per heavy atom. The van der Waals surface area contributed by atoms with E-state index in [-0.39, 0.29) is 6.10 Å². The number of aromatic nitrogens is 2. The van der Waals surface area contributed by atoms with Crippen LogP contribution in [0.1, 0.15) is 50.3 Å². The zero-order valence-corrected chi connectivity index (χ0v) is 11.6. The molecule has 3 rings (SSSR count). The van der Waals surface area contributed by atoms with Crippen LogP contribution < -0.4 is 5.32 Å². The van der Waals surface area contributed by atoms with Gasteiger partial charge >= 0.3 is 0 Å². The standard InChI is InChI=1S/C15H25N3O/c19-15-6-8-16-11-12(15)10-13-7-9-18(17-13)14-4-2-1-3-5-14/h7,9,12,14-16,19H,1-6,8,10-11H2. The molecule has 0 amide bonds. The molecule has 2 aliphatic rings. The Morgan fingerprint density at radius 2 is 2.11 bits per heavy atom. The molecule has 2 fully saturated rings. The molecule has 4 heteroatoms. The summed E-state index contributed by atoms with van der Waals surface area (Å²) in [5.41, 5.74) is 1.14. The van der Waals surface area contributed by atoms with E-state index >= 15 is 0 Å². The lowest BCUT2D eigenvalue weighted by Gasteiger charge is -2.27. The van der Waals surface area contributed by atoms with Crippen molar-refractivity contribution in [1.29, 1.82) is 0 Å². The lowest BCUT2D eigenvalue weighted by Crippen LogP contribution is -2.40. The maximum absolute atomic E-state index is 10.0. The van der Waals surface area contributed by atoms with Gasteiger partial charge in [-0.3, -0.25) is 4.68 Å². The summed E-state index contributed by atoms with van der Waals surface area (Å²) in [5.74, 6) is 0.323. The molecular weight excluding hydrogens is 238 g/mol. The molecule has 1 aromatic heterocycles. The highest BCUT2D eigenvalue weighted by Crippen LogP contribution is 2.27. The van der Waals surface area contributed by atoms with Crippen LogP contribution >= 0.6 is 0 Å². The van der Waals surface area contributed by atoms with Crippen molar-refractivity contribution in [3.63, 3.8) is 0 Å². The minimum absolute atomic E-state index is 0.166. The molecule has 4 nitrogen and oxygen atoms in total. The van der Waals surface area contributed by atoms with Crippen LogP contribution in [0.5, 0.6) is 0 Å². The van der Waals surface area contributed by atoms with E-state index in [4.69, 9.17) is 5.10 Å². The first-order valence-electron chi connectivity index (χ1n) is 7.76. The summed E-state index contributed by atoms with van der Waals surface area (Å²) < 4.78 is 2.16. The van der Waals surface area contributed by atoms with Gasteiger partial charge in [-0.2, -0.15) is 5.10 Å². The minimum atomic E-state index is -0.166. The van der Waals surface area contributed by atoms with Crippen molar-refractivity contribution in [3.05, 3.63) is 18.0 Å². The molecular formula is C15H25N3O. The van der Waals surface area contributed by atoms with Crippen molar-refractivity contribution >= 4 is 0 Å². The van der Waals surface area contributed by atoms with Gasteiger partial charge < -0.3 is 10.4 Å². The van der Waals surface area contributed by atoms with Gasteiger partial charge in [0.05, 0.1) is 17.8 Å². The van der Waals surface area contributed by atoms with E-state index in [0.717, 1.165) is 31.6 Å². The predicted octanol–water partition coefficient (Wildman–Crippen LogP) is 1.90. The molecule has 106 valence electrons. The van der Waals surface area contributed by atoms with E-state index in [1.165, 1.54) is 32.1 Å². The number of hydrogen-bond donors (Lipinski definition) is 2. The molecule has 1 aliphatic heterocycles. The summed E-state index contributed by atoms with van der Waals surface area (Å²) in [6.07, 6.45) is 10.3. The van der Waals surface area contributed by atoms with Gasteiger partial charge in [-0.15, -0.1) is 0 Å². The smallest absolute Gasteiger partial charge is 0.0628 e. The average molecular weight is 263 g/mol. The second kappa shape index (κ2) is 6.06. The topological polar surface area (TPSA) is 50.1 Å². The van der Waals surface area contributed by atoms with Crippen LogP contribution in [0.2, 0.25) is 0 Å². The number of nitrogens with zero attached hydrogens (tertiary/aromatic N) is 2. The van der Waals surface area contributed by atoms with E-state index in [1.807, 2.05) is 0 Å². The van der Waals surface area contributed by atoms with E-state index in [1.54, 1.807) is 0 Å². The van der Waals surface area contributed by atoms with Crippen LogP contribution in [0, 0.1) is 5.92 Å². The third-order valence-electron chi connectivity index (χ3n) is 4.65. The molecule has 1 aliphatic carbocycles. The van der Waals surface area contributed by atoms with Gasteiger partial charge in [0.1, 0.15) is 0 Å². The quantitative estimate of drug-likeness (QED) is 0.875. The Hall–Kier alpha value is -0.870. The first-order chi connectivity index (χ1) is 9.33. The van der Waals surface area contributed by atoms with Crippen molar-refractivity contribution in [1.82, 2.24) is 15.1 Å². The third-order valence-corrected chi connectivity index (χ3v) is 4.65. The number of nitrogens with one attached hydrogen (secondary N) is 1. The molecule has 2 N–H and O–H groups in total. The Balaban J connectivity index is 1.60. The van der Waals surface area contributed by atoms with Crippen molar-refractivity contribution < 1.29 is 5.11 Å². The minimum Gasteiger partial charge on any atom is -0.393 e. The van der Waals surface area contributed by atoms with Crippen molar-refractivity contribution in [3.8, 4) is 0 Å². The maximum Gasteiger partial charge on any atom is 0.0628 e.